The Bertz CT molecular complexity index is 457. The summed E-state index contributed by atoms with van der Waals surface area (Å²) in [4.78, 5) is 12.5. The van der Waals surface area contributed by atoms with Gasteiger partial charge in [0.1, 0.15) is 5.75 Å². The highest BCUT2D eigenvalue weighted by molar-refractivity contribution is 5.69. The summed E-state index contributed by atoms with van der Waals surface area (Å²) in [5.41, 5.74) is 2.46. The van der Waals surface area contributed by atoms with Crippen molar-refractivity contribution in [3.63, 3.8) is 0 Å². The van der Waals surface area contributed by atoms with Crippen LogP contribution in [0.5, 0.6) is 5.75 Å². The van der Waals surface area contributed by atoms with Gasteiger partial charge in [-0.2, -0.15) is 0 Å². The van der Waals surface area contributed by atoms with Gasteiger partial charge in [0.2, 0.25) is 0 Å². The van der Waals surface area contributed by atoms with Crippen LogP contribution in [0.1, 0.15) is 17.5 Å². The summed E-state index contributed by atoms with van der Waals surface area (Å²) in [7, 11) is 0. The zero-order chi connectivity index (χ0) is 15.0. The van der Waals surface area contributed by atoms with E-state index in [0.29, 0.717) is 19.7 Å². The molecule has 110 valence electrons. The summed E-state index contributed by atoms with van der Waals surface area (Å²) in [6, 6.07) is 6.02. The molecule has 0 fully saturated rings. The molecular formula is C16H23NO3. The summed E-state index contributed by atoms with van der Waals surface area (Å²) < 4.78 is 5.68. The van der Waals surface area contributed by atoms with Crippen molar-refractivity contribution in [2.45, 2.75) is 20.3 Å². The number of carboxylic acid groups (broad SMARTS) is 1. The molecule has 0 aliphatic heterocycles. The average Bonchev–Trinajstić information content (AvgIpc) is 2.38. The van der Waals surface area contributed by atoms with Crippen LogP contribution in [0.25, 0.3) is 0 Å². The summed E-state index contributed by atoms with van der Waals surface area (Å²) >= 11 is 0. The average molecular weight is 277 g/mol. The van der Waals surface area contributed by atoms with E-state index in [1.54, 1.807) is 6.08 Å². The first-order valence-electron chi connectivity index (χ1n) is 6.78. The Kier molecular flexibility index (Phi) is 6.81. The fourth-order valence-electron chi connectivity index (χ4n) is 1.89. The molecule has 0 amide bonds. The van der Waals surface area contributed by atoms with Crippen LogP contribution in [0.4, 0.5) is 0 Å². The predicted molar refractivity (Wildman–Crippen MR) is 80.3 cm³/mol. The van der Waals surface area contributed by atoms with Crippen molar-refractivity contribution in [1.82, 2.24) is 4.90 Å². The van der Waals surface area contributed by atoms with Gasteiger partial charge in [-0.15, -0.1) is 6.58 Å². The molecule has 0 radical (unpaired) electrons. The molecule has 0 aliphatic rings. The molecule has 0 saturated carbocycles. The third kappa shape index (κ3) is 5.89. The number of hydrogen-bond donors (Lipinski definition) is 1. The number of carbonyl (C=O) groups is 1. The fraction of sp³-hybridized carbons (Fsp3) is 0.438. The Hall–Kier alpha value is -1.81. The molecule has 0 aliphatic carbocycles. The van der Waals surface area contributed by atoms with E-state index in [9.17, 15) is 4.79 Å². The van der Waals surface area contributed by atoms with Crippen molar-refractivity contribution in [3.8, 4) is 5.75 Å². The number of hydrogen-bond acceptors (Lipinski definition) is 3. The van der Waals surface area contributed by atoms with Gasteiger partial charge in [-0.05, 0) is 43.5 Å². The molecule has 1 aromatic carbocycles. The lowest BCUT2D eigenvalue weighted by Gasteiger charge is -2.18. The number of nitrogens with zero attached hydrogens (tertiary/aromatic N) is 1. The van der Waals surface area contributed by atoms with Crippen molar-refractivity contribution >= 4 is 5.97 Å². The largest absolute Gasteiger partial charge is 0.494 e. The van der Waals surface area contributed by atoms with E-state index in [1.807, 2.05) is 23.1 Å². The van der Waals surface area contributed by atoms with E-state index in [1.165, 1.54) is 11.1 Å². The predicted octanol–water partition coefficient (Wildman–Crippen LogP) is 2.64. The number of aliphatic carboxylic acids is 1. The summed E-state index contributed by atoms with van der Waals surface area (Å²) in [6.45, 7) is 9.64. The van der Waals surface area contributed by atoms with Crippen molar-refractivity contribution in [3.05, 3.63) is 42.0 Å². The molecule has 0 heterocycles. The van der Waals surface area contributed by atoms with Crippen molar-refractivity contribution in [2.75, 3.05) is 26.2 Å². The smallest absolute Gasteiger partial charge is 0.317 e. The van der Waals surface area contributed by atoms with Crippen LogP contribution in [0.15, 0.2) is 30.9 Å². The van der Waals surface area contributed by atoms with Crippen LogP contribution < -0.4 is 4.74 Å². The highest BCUT2D eigenvalue weighted by Crippen LogP contribution is 2.16. The number of rotatable bonds is 9. The molecule has 0 aromatic heterocycles. The van der Waals surface area contributed by atoms with Gasteiger partial charge in [-0.3, -0.25) is 9.69 Å². The molecule has 0 unspecified atom stereocenters. The summed E-state index contributed by atoms with van der Waals surface area (Å²) in [6.07, 6.45) is 2.50. The summed E-state index contributed by atoms with van der Waals surface area (Å²) in [5, 5.41) is 8.79. The maximum absolute atomic E-state index is 10.7. The molecule has 1 aromatic rings. The zero-order valence-electron chi connectivity index (χ0n) is 12.3. The molecule has 1 N–H and O–H groups in total. The van der Waals surface area contributed by atoms with Gasteiger partial charge < -0.3 is 9.84 Å². The minimum Gasteiger partial charge on any atom is -0.494 e. The minimum absolute atomic E-state index is 0.0374. The molecular weight excluding hydrogens is 254 g/mol. The molecule has 4 nitrogen and oxygen atoms in total. The summed E-state index contributed by atoms with van der Waals surface area (Å²) in [5.74, 6) is 0.0449. The monoisotopic (exact) mass is 277 g/mol. The lowest BCUT2D eigenvalue weighted by Crippen LogP contribution is -2.31. The second-order valence-corrected chi connectivity index (χ2v) is 4.87. The molecule has 0 spiro atoms. The lowest BCUT2D eigenvalue weighted by molar-refractivity contribution is -0.138. The fourth-order valence-corrected chi connectivity index (χ4v) is 1.89. The van der Waals surface area contributed by atoms with E-state index in [2.05, 4.69) is 20.4 Å². The first-order valence-corrected chi connectivity index (χ1v) is 6.78. The topological polar surface area (TPSA) is 49.8 Å². The van der Waals surface area contributed by atoms with E-state index in [0.717, 1.165) is 12.2 Å². The third-order valence-corrected chi connectivity index (χ3v) is 3.11. The Morgan fingerprint density at radius 3 is 2.75 bits per heavy atom. The Labute approximate surface area is 120 Å². The van der Waals surface area contributed by atoms with Crippen LogP contribution in [-0.4, -0.2) is 42.2 Å². The van der Waals surface area contributed by atoms with Crippen LogP contribution in [0, 0.1) is 13.8 Å². The van der Waals surface area contributed by atoms with Crippen molar-refractivity contribution < 1.29 is 14.6 Å². The second kappa shape index (κ2) is 8.38. The van der Waals surface area contributed by atoms with Crippen LogP contribution in [0.2, 0.25) is 0 Å². The van der Waals surface area contributed by atoms with Gasteiger partial charge in [-0.1, -0.05) is 12.1 Å². The van der Waals surface area contributed by atoms with Gasteiger partial charge in [0.15, 0.2) is 0 Å². The van der Waals surface area contributed by atoms with Gasteiger partial charge in [0.05, 0.1) is 13.2 Å². The third-order valence-electron chi connectivity index (χ3n) is 3.11. The number of carboxylic acids is 1. The van der Waals surface area contributed by atoms with Crippen molar-refractivity contribution in [2.24, 2.45) is 0 Å². The standard InChI is InChI=1S/C16H23NO3/c1-4-8-17(12-16(18)19)9-5-10-20-15-7-6-13(2)14(3)11-15/h4,6-7,11H,1,5,8-10,12H2,2-3H3,(H,18,19). The quantitative estimate of drug-likeness (QED) is 0.557. The SMILES string of the molecule is C=CCN(CCCOc1ccc(C)c(C)c1)CC(=O)O. The second-order valence-electron chi connectivity index (χ2n) is 4.87. The first kappa shape index (κ1) is 16.2. The number of benzene rings is 1. The van der Waals surface area contributed by atoms with Crippen molar-refractivity contribution in [1.29, 1.82) is 0 Å². The van der Waals surface area contributed by atoms with Crippen LogP contribution >= 0.6 is 0 Å². The van der Waals surface area contributed by atoms with Crippen LogP contribution in [-0.2, 0) is 4.79 Å². The van der Waals surface area contributed by atoms with E-state index in [-0.39, 0.29) is 6.54 Å². The maximum Gasteiger partial charge on any atom is 0.317 e. The molecule has 20 heavy (non-hydrogen) atoms. The minimum atomic E-state index is -0.818. The van der Waals surface area contributed by atoms with Gasteiger partial charge >= 0.3 is 5.97 Å². The van der Waals surface area contributed by atoms with E-state index in [4.69, 9.17) is 9.84 Å². The Balaban J connectivity index is 2.33. The number of ether oxygens (including phenoxy) is 1. The molecule has 0 saturated heterocycles. The van der Waals surface area contributed by atoms with Crippen LogP contribution in [0.3, 0.4) is 0 Å². The van der Waals surface area contributed by atoms with Gasteiger partial charge in [-0.25, -0.2) is 0 Å². The lowest BCUT2D eigenvalue weighted by atomic mass is 10.1. The Morgan fingerprint density at radius 1 is 1.40 bits per heavy atom. The molecule has 4 heteroatoms. The normalized spacial score (nSPS) is 10.6. The van der Waals surface area contributed by atoms with E-state index < -0.39 is 5.97 Å². The molecule has 1 rings (SSSR count). The van der Waals surface area contributed by atoms with E-state index >= 15 is 0 Å². The van der Waals surface area contributed by atoms with Gasteiger partial charge in [0.25, 0.3) is 0 Å². The highest BCUT2D eigenvalue weighted by atomic mass is 16.5. The highest BCUT2D eigenvalue weighted by Gasteiger charge is 2.07. The maximum atomic E-state index is 10.7. The first-order chi connectivity index (χ1) is 9.52. The number of aryl methyl sites for hydroxylation is 2. The molecule has 0 atom stereocenters. The van der Waals surface area contributed by atoms with Gasteiger partial charge in [0, 0.05) is 13.1 Å². The Morgan fingerprint density at radius 2 is 2.15 bits per heavy atom. The molecule has 0 bridgehead atoms. The zero-order valence-corrected chi connectivity index (χ0v) is 12.3.